The predicted molar refractivity (Wildman–Crippen MR) is 56.3 cm³/mol. The fourth-order valence-electron chi connectivity index (χ4n) is 0.954. The molecule has 0 radical (unpaired) electrons. The third-order valence-corrected chi connectivity index (χ3v) is 1.63. The van der Waals surface area contributed by atoms with E-state index in [2.05, 4.69) is 0 Å². The number of carbonyl (C=O) groups is 1. The van der Waals surface area contributed by atoms with Crippen LogP contribution in [0.15, 0.2) is 0 Å². The third-order valence-electron chi connectivity index (χ3n) is 1.63. The summed E-state index contributed by atoms with van der Waals surface area (Å²) in [6.07, 6.45) is -1.35. The molecule has 2 unspecified atom stereocenters. The van der Waals surface area contributed by atoms with Gasteiger partial charge in [0.05, 0.1) is 25.9 Å². The summed E-state index contributed by atoms with van der Waals surface area (Å²) < 4.78 is 19.5. The molecule has 96 valence electrons. The standard InChI is InChI=1S/C10H20O6/c1-8(14-5-4-11)7-15-10(12)16-9(2)6-13-3/h8-9,11H,4-7H2,1-3H3. The number of rotatable bonds is 8. The number of aliphatic hydroxyl groups excluding tert-OH is 1. The first-order valence-electron chi connectivity index (χ1n) is 5.15. The quantitative estimate of drug-likeness (QED) is 0.621. The molecule has 6 nitrogen and oxygen atoms in total. The molecule has 0 fully saturated rings. The van der Waals surface area contributed by atoms with Crippen molar-refractivity contribution in [1.82, 2.24) is 0 Å². The van der Waals surface area contributed by atoms with Gasteiger partial charge in [-0.05, 0) is 13.8 Å². The summed E-state index contributed by atoms with van der Waals surface area (Å²) in [6, 6.07) is 0. The Morgan fingerprint density at radius 1 is 1.25 bits per heavy atom. The molecule has 0 spiro atoms. The minimum absolute atomic E-state index is 0.0559. The highest BCUT2D eigenvalue weighted by molar-refractivity contribution is 5.60. The first-order chi connectivity index (χ1) is 7.60. The van der Waals surface area contributed by atoms with Crippen LogP contribution in [0.1, 0.15) is 13.8 Å². The van der Waals surface area contributed by atoms with E-state index >= 15 is 0 Å². The zero-order valence-electron chi connectivity index (χ0n) is 9.97. The van der Waals surface area contributed by atoms with Crippen molar-refractivity contribution in [2.75, 3.05) is 33.5 Å². The summed E-state index contributed by atoms with van der Waals surface area (Å²) in [5, 5.41) is 8.50. The van der Waals surface area contributed by atoms with Crippen molar-refractivity contribution >= 4 is 6.16 Å². The minimum atomic E-state index is -0.746. The van der Waals surface area contributed by atoms with Crippen molar-refractivity contribution in [3.05, 3.63) is 0 Å². The van der Waals surface area contributed by atoms with Crippen LogP contribution in [0, 0.1) is 0 Å². The normalized spacial score (nSPS) is 14.2. The molecule has 0 aromatic heterocycles. The van der Waals surface area contributed by atoms with Gasteiger partial charge in [-0.15, -0.1) is 0 Å². The lowest BCUT2D eigenvalue weighted by Crippen LogP contribution is -2.24. The molecule has 0 aromatic carbocycles. The van der Waals surface area contributed by atoms with Crippen LogP contribution in [0.3, 0.4) is 0 Å². The molecular formula is C10H20O6. The summed E-state index contributed by atoms with van der Waals surface area (Å²) in [7, 11) is 1.52. The lowest BCUT2D eigenvalue weighted by Gasteiger charge is -2.15. The molecule has 0 aliphatic heterocycles. The van der Waals surface area contributed by atoms with Gasteiger partial charge in [0.15, 0.2) is 0 Å². The average Bonchev–Trinajstić information content (AvgIpc) is 2.23. The first-order valence-corrected chi connectivity index (χ1v) is 5.15. The van der Waals surface area contributed by atoms with E-state index in [0.29, 0.717) is 6.61 Å². The molecule has 0 saturated carbocycles. The molecule has 0 amide bonds. The van der Waals surface area contributed by atoms with Crippen LogP contribution in [0.2, 0.25) is 0 Å². The van der Waals surface area contributed by atoms with E-state index < -0.39 is 6.16 Å². The summed E-state index contributed by atoms with van der Waals surface area (Å²) >= 11 is 0. The van der Waals surface area contributed by atoms with E-state index in [4.69, 9.17) is 24.1 Å². The fraction of sp³-hybridized carbons (Fsp3) is 0.900. The Morgan fingerprint density at radius 2 is 1.94 bits per heavy atom. The van der Waals surface area contributed by atoms with E-state index in [1.165, 1.54) is 7.11 Å². The maximum atomic E-state index is 11.1. The molecule has 2 atom stereocenters. The van der Waals surface area contributed by atoms with Gasteiger partial charge in [-0.3, -0.25) is 0 Å². The largest absolute Gasteiger partial charge is 0.508 e. The van der Waals surface area contributed by atoms with Crippen LogP contribution < -0.4 is 0 Å². The SMILES string of the molecule is COCC(C)OC(=O)OCC(C)OCCO. The molecule has 0 aromatic rings. The highest BCUT2D eigenvalue weighted by Crippen LogP contribution is 1.98. The zero-order valence-corrected chi connectivity index (χ0v) is 9.97. The number of carbonyl (C=O) groups excluding carboxylic acids is 1. The molecule has 1 N–H and O–H groups in total. The summed E-state index contributed by atoms with van der Waals surface area (Å²) in [5.74, 6) is 0. The highest BCUT2D eigenvalue weighted by Gasteiger charge is 2.12. The van der Waals surface area contributed by atoms with Crippen LogP contribution in [0.25, 0.3) is 0 Å². The Bertz CT molecular complexity index is 184. The van der Waals surface area contributed by atoms with Gasteiger partial charge in [0.1, 0.15) is 12.7 Å². The number of hydrogen-bond donors (Lipinski definition) is 1. The van der Waals surface area contributed by atoms with E-state index in [-0.39, 0.29) is 32.0 Å². The Hall–Kier alpha value is -0.850. The van der Waals surface area contributed by atoms with Crippen molar-refractivity contribution in [2.24, 2.45) is 0 Å². The van der Waals surface area contributed by atoms with Crippen molar-refractivity contribution in [3.8, 4) is 0 Å². The van der Waals surface area contributed by atoms with Crippen molar-refractivity contribution in [1.29, 1.82) is 0 Å². The molecule has 0 aliphatic rings. The summed E-state index contributed by atoms with van der Waals surface area (Å²) in [6.45, 7) is 4.03. The van der Waals surface area contributed by atoms with Crippen LogP contribution >= 0.6 is 0 Å². The van der Waals surface area contributed by atoms with Crippen molar-refractivity contribution in [2.45, 2.75) is 26.1 Å². The smallest absolute Gasteiger partial charge is 0.432 e. The second-order valence-electron chi connectivity index (χ2n) is 3.35. The molecular weight excluding hydrogens is 216 g/mol. The van der Waals surface area contributed by atoms with Gasteiger partial charge in [0, 0.05) is 7.11 Å². The molecule has 0 aliphatic carbocycles. The number of hydrogen-bond acceptors (Lipinski definition) is 6. The predicted octanol–water partition coefficient (Wildman–Crippen LogP) is 0.572. The maximum Gasteiger partial charge on any atom is 0.508 e. The molecule has 0 rings (SSSR count). The lowest BCUT2D eigenvalue weighted by molar-refractivity contribution is -0.0346. The highest BCUT2D eigenvalue weighted by atomic mass is 16.7. The van der Waals surface area contributed by atoms with Gasteiger partial charge in [-0.2, -0.15) is 0 Å². The van der Waals surface area contributed by atoms with Crippen LogP contribution in [0.5, 0.6) is 0 Å². The Balaban J connectivity index is 3.56. The van der Waals surface area contributed by atoms with E-state index in [1.54, 1.807) is 13.8 Å². The van der Waals surface area contributed by atoms with Crippen LogP contribution in [-0.2, 0) is 18.9 Å². The van der Waals surface area contributed by atoms with E-state index in [9.17, 15) is 4.79 Å². The Morgan fingerprint density at radius 3 is 2.50 bits per heavy atom. The molecule has 16 heavy (non-hydrogen) atoms. The summed E-state index contributed by atoms with van der Waals surface area (Å²) in [4.78, 5) is 11.1. The monoisotopic (exact) mass is 236 g/mol. The topological polar surface area (TPSA) is 74.2 Å². The van der Waals surface area contributed by atoms with Crippen molar-refractivity contribution < 1.29 is 28.8 Å². The zero-order chi connectivity index (χ0) is 12.4. The second kappa shape index (κ2) is 9.38. The Labute approximate surface area is 95.4 Å². The molecule has 0 bridgehead atoms. The van der Waals surface area contributed by atoms with Gasteiger partial charge in [0.2, 0.25) is 0 Å². The average molecular weight is 236 g/mol. The second-order valence-corrected chi connectivity index (χ2v) is 3.35. The summed E-state index contributed by atoms with van der Waals surface area (Å²) in [5.41, 5.74) is 0. The van der Waals surface area contributed by atoms with E-state index in [1.807, 2.05) is 0 Å². The van der Waals surface area contributed by atoms with Gasteiger partial charge in [-0.1, -0.05) is 0 Å². The molecule has 6 heteroatoms. The van der Waals surface area contributed by atoms with Gasteiger partial charge < -0.3 is 24.1 Å². The molecule has 0 saturated heterocycles. The number of aliphatic hydroxyl groups is 1. The third kappa shape index (κ3) is 8.46. The van der Waals surface area contributed by atoms with Crippen LogP contribution in [0.4, 0.5) is 4.79 Å². The number of ether oxygens (including phenoxy) is 4. The van der Waals surface area contributed by atoms with Gasteiger partial charge in [-0.25, -0.2) is 4.79 Å². The van der Waals surface area contributed by atoms with E-state index in [0.717, 1.165) is 0 Å². The fourth-order valence-corrected chi connectivity index (χ4v) is 0.954. The lowest BCUT2D eigenvalue weighted by atomic mass is 10.4. The van der Waals surface area contributed by atoms with Crippen molar-refractivity contribution in [3.63, 3.8) is 0 Å². The van der Waals surface area contributed by atoms with Gasteiger partial charge in [0.25, 0.3) is 0 Å². The Kier molecular flexibility index (Phi) is 8.88. The number of methoxy groups -OCH3 is 1. The van der Waals surface area contributed by atoms with Crippen LogP contribution in [-0.4, -0.2) is 57.0 Å². The minimum Gasteiger partial charge on any atom is -0.432 e. The maximum absolute atomic E-state index is 11.1. The van der Waals surface area contributed by atoms with Gasteiger partial charge >= 0.3 is 6.16 Å². The first kappa shape index (κ1) is 15.2. The molecule has 0 heterocycles.